The number of benzene rings is 2. The monoisotopic (exact) mass is 477 g/mol. The lowest BCUT2D eigenvalue weighted by atomic mass is 9.95. The van der Waals surface area contributed by atoms with Gasteiger partial charge in [0, 0.05) is 21.9 Å². The van der Waals surface area contributed by atoms with Crippen molar-refractivity contribution in [2.45, 2.75) is 12.5 Å². The molecule has 2 aromatic carbocycles. The summed E-state index contributed by atoms with van der Waals surface area (Å²) in [7, 11) is 0. The third-order valence-corrected chi connectivity index (χ3v) is 5.39. The standard InChI is InChI=1S/C20H17Br2NO3/c21-11-4-12-23-17(13-7-9-15(22)10-8-13)16(19(25)20(23)26)18(24)14-5-2-1-3-6-14/h1-3,5-10,17,24H,4,11-12H2/b18-16+. The molecule has 1 amide bonds. The third-order valence-electron chi connectivity index (χ3n) is 4.31. The molecule has 6 heteroatoms. The Morgan fingerprint density at radius 3 is 2.31 bits per heavy atom. The highest BCUT2D eigenvalue weighted by molar-refractivity contribution is 9.10. The van der Waals surface area contributed by atoms with Gasteiger partial charge < -0.3 is 10.0 Å². The Balaban J connectivity index is 2.15. The Labute approximate surface area is 168 Å². The molecule has 1 aliphatic heterocycles. The zero-order valence-electron chi connectivity index (χ0n) is 13.9. The van der Waals surface area contributed by atoms with Gasteiger partial charge in [-0.25, -0.2) is 0 Å². The number of nitrogens with zero attached hydrogens (tertiary/aromatic N) is 1. The maximum atomic E-state index is 12.7. The van der Waals surface area contributed by atoms with Crippen LogP contribution in [0.25, 0.3) is 5.76 Å². The van der Waals surface area contributed by atoms with Crippen LogP contribution in [0.1, 0.15) is 23.6 Å². The number of ketones is 1. The van der Waals surface area contributed by atoms with Crippen molar-refractivity contribution in [3.8, 4) is 0 Å². The van der Waals surface area contributed by atoms with Crippen LogP contribution in [0, 0.1) is 0 Å². The summed E-state index contributed by atoms with van der Waals surface area (Å²) < 4.78 is 0.904. The molecule has 1 fully saturated rings. The van der Waals surface area contributed by atoms with Gasteiger partial charge in [0.15, 0.2) is 0 Å². The first kappa shape index (κ1) is 18.9. The van der Waals surface area contributed by atoms with Gasteiger partial charge in [0.1, 0.15) is 5.76 Å². The Morgan fingerprint density at radius 1 is 1.04 bits per heavy atom. The fourth-order valence-corrected chi connectivity index (χ4v) is 3.60. The fourth-order valence-electron chi connectivity index (χ4n) is 3.08. The molecule has 1 atom stereocenters. The minimum absolute atomic E-state index is 0.137. The van der Waals surface area contributed by atoms with E-state index in [9.17, 15) is 14.7 Å². The number of alkyl halides is 1. The number of carbonyl (C=O) groups is 2. The van der Waals surface area contributed by atoms with Crippen molar-refractivity contribution < 1.29 is 14.7 Å². The van der Waals surface area contributed by atoms with Gasteiger partial charge in [0.05, 0.1) is 11.6 Å². The Hall–Kier alpha value is -1.92. The van der Waals surface area contributed by atoms with Crippen LogP contribution in [0.4, 0.5) is 0 Å². The number of hydrogen-bond acceptors (Lipinski definition) is 3. The normalized spacial score (nSPS) is 19.2. The smallest absolute Gasteiger partial charge is 0.295 e. The number of aliphatic hydroxyl groups is 1. The van der Waals surface area contributed by atoms with E-state index >= 15 is 0 Å². The van der Waals surface area contributed by atoms with Crippen LogP contribution < -0.4 is 0 Å². The summed E-state index contributed by atoms with van der Waals surface area (Å²) >= 11 is 6.77. The number of halogens is 2. The number of carbonyl (C=O) groups excluding carboxylic acids is 2. The van der Waals surface area contributed by atoms with Crippen molar-refractivity contribution in [1.29, 1.82) is 0 Å². The number of likely N-dealkylation sites (tertiary alicyclic amines) is 1. The van der Waals surface area contributed by atoms with Crippen LogP contribution in [-0.2, 0) is 9.59 Å². The molecule has 0 aliphatic carbocycles. The minimum Gasteiger partial charge on any atom is -0.507 e. The second-order valence-electron chi connectivity index (χ2n) is 5.95. The van der Waals surface area contributed by atoms with E-state index in [0.29, 0.717) is 18.5 Å². The second-order valence-corrected chi connectivity index (χ2v) is 7.66. The molecule has 0 radical (unpaired) electrons. The quantitative estimate of drug-likeness (QED) is 0.294. The van der Waals surface area contributed by atoms with Gasteiger partial charge in [-0.05, 0) is 24.1 Å². The highest BCUT2D eigenvalue weighted by Gasteiger charge is 2.45. The largest absolute Gasteiger partial charge is 0.507 e. The molecular weight excluding hydrogens is 462 g/mol. The molecular formula is C20H17Br2NO3. The lowest BCUT2D eigenvalue weighted by Gasteiger charge is -2.25. The Bertz CT molecular complexity index is 847. The zero-order chi connectivity index (χ0) is 18.7. The van der Waals surface area contributed by atoms with Crippen molar-refractivity contribution in [2.75, 3.05) is 11.9 Å². The van der Waals surface area contributed by atoms with Gasteiger partial charge >= 0.3 is 0 Å². The van der Waals surface area contributed by atoms with E-state index in [0.717, 1.165) is 15.4 Å². The van der Waals surface area contributed by atoms with Crippen molar-refractivity contribution in [3.63, 3.8) is 0 Å². The van der Waals surface area contributed by atoms with E-state index in [1.165, 1.54) is 0 Å². The fraction of sp³-hybridized carbons (Fsp3) is 0.200. The number of Topliss-reactive ketones (excluding diaryl/α,β-unsaturated/α-hetero) is 1. The summed E-state index contributed by atoms with van der Waals surface area (Å²) in [5.74, 6) is -1.36. The summed E-state index contributed by atoms with van der Waals surface area (Å²) in [6, 6.07) is 15.7. The molecule has 4 nitrogen and oxygen atoms in total. The van der Waals surface area contributed by atoms with E-state index in [4.69, 9.17) is 0 Å². The van der Waals surface area contributed by atoms with Crippen LogP contribution >= 0.6 is 31.9 Å². The maximum Gasteiger partial charge on any atom is 0.295 e. The summed E-state index contributed by atoms with van der Waals surface area (Å²) in [5, 5.41) is 11.5. The van der Waals surface area contributed by atoms with Crippen molar-refractivity contribution in [3.05, 3.63) is 75.8 Å². The molecule has 134 valence electrons. The van der Waals surface area contributed by atoms with Gasteiger partial charge in [0.2, 0.25) is 0 Å². The molecule has 1 unspecified atom stereocenters. The maximum absolute atomic E-state index is 12.7. The number of aliphatic hydroxyl groups excluding tert-OH is 1. The van der Waals surface area contributed by atoms with Gasteiger partial charge in [-0.2, -0.15) is 0 Å². The lowest BCUT2D eigenvalue weighted by Crippen LogP contribution is -2.30. The topological polar surface area (TPSA) is 57.6 Å². The van der Waals surface area contributed by atoms with Crippen LogP contribution in [0.2, 0.25) is 0 Å². The average Bonchev–Trinajstić information content (AvgIpc) is 2.91. The highest BCUT2D eigenvalue weighted by atomic mass is 79.9. The SMILES string of the molecule is O=C1C(=O)N(CCCBr)C(c2ccc(Br)cc2)/C1=C(\O)c1ccccc1. The summed E-state index contributed by atoms with van der Waals surface area (Å²) in [6.45, 7) is 0.433. The molecule has 0 aromatic heterocycles. The first-order valence-corrected chi connectivity index (χ1v) is 10.1. The van der Waals surface area contributed by atoms with Gasteiger partial charge in [0.25, 0.3) is 11.7 Å². The molecule has 1 heterocycles. The van der Waals surface area contributed by atoms with Crippen molar-refractivity contribution in [2.24, 2.45) is 0 Å². The molecule has 26 heavy (non-hydrogen) atoms. The number of amides is 1. The lowest BCUT2D eigenvalue weighted by molar-refractivity contribution is -0.139. The first-order valence-electron chi connectivity index (χ1n) is 8.20. The predicted molar refractivity (Wildman–Crippen MR) is 108 cm³/mol. The molecule has 2 aromatic rings. The second kappa shape index (κ2) is 8.18. The summed E-state index contributed by atoms with van der Waals surface area (Å²) in [4.78, 5) is 26.9. The molecule has 1 aliphatic rings. The number of hydrogen-bond donors (Lipinski definition) is 1. The molecule has 1 N–H and O–H groups in total. The molecule has 0 bridgehead atoms. The molecule has 0 spiro atoms. The predicted octanol–water partition coefficient (Wildman–Crippen LogP) is 4.66. The summed E-state index contributed by atoms with van der Waals surface area (Å²) in [5.41, 5.74) is 1.45. The molecule has 1 saturated heterocycles. The number of rotatable bonds is 5. The summed E-state index contributed by atoms with van der Waals surface area (Å²) in [6.07, 6.45) is 0.714. The van der Waals surface area contributed by atoms with Gasteiger partial charge in [-0.1, -0.05) is 74.3 Å². The van der Waals surface area contributed by atoms with Crippen LogP contribution in [-0.4, -0.2) is 33.6 Å². The van der Waals surface area contributed by atoms with Gasteiger partial charge in [-0.3, -0.25) is 9.59 Å². The van der Waals surface area contributed by atoms with E-state index in [1.807, 2.05) is 30.3 Å². The Morgan fingerprint density at radius 2 is 1.69 bits per heavy atom. The first-order chi connectivity index (χ1) is 12.5. The van der Waals surface area contributed by atoms with Crippen LogP contribution in [0.3, 0.4) is 0 Å². The van der Waals surface area contributed by atoms with Crippen LogP contribution in [0.15, 0.2) is 64.6 Å². The van der Waals surface area contributed by atoms with E-state index in [2.05, 4.69) is 31.9 Å². The Kier molecular flexibility index (Phi) is 5.94. The molecule has 0 saturated carbocycles. The van der Waals surface area contributed by atoms with Crippen molar-refractivity contribution in [1.82, 2.24) is 4.90 Å². The van der Waals surface area contributed by atoms with Gasteiger partial charge in [-0.15, -0.1) is 0 Å². The van der Waals surface area contributed by atoms with Crippen molar-refractivity contribution >= 4 is 49.3 Å². The third kappa shape index (κ3) is 3.62. The average molecular weight is 479 g/mol. The van der Waals surface area contributed by atoms with E-state index in [1.54, 1.807) is 29.2 Å². The van der Waals surface area contributed by atoms with E-state index < -0.39 is 17.7 Å². The zero-order valence-corrected chi connectivity index (χ0v) is 17.0. The highest BCUT2D eigenvalue weighted by Crippen LogP contribution is 2.39. The van der Waals surface area contributed by atoms with Crippen LogP contribution in [0.5, 0.6) is 0 Å². The van der Waals surface area contributed by atoms with E-state index in [-0.39, 0.29) is 11.3 Å². The molecule has 3 rings (SSSR count). The minimum atomic E-state index is -0.645.